The van der Waals surface area contributed by atoms with Crippen molar-refractivity contribution >= 4 is 5.97 Å². The second kappa shape index (κ2) is 12.5. The van der Waals surface area contributed by atoms with Crippen molar-refractivity contribution in [1.29, 1.82) is 0 Å². The smallest absolute Gasteiger partial charge is 0.307 e. The number of ether oxygens (including phenoxy) is 3. The maximum absolute atomic E-state index is 14.0. The number of rotatable bonds is 13. The highest BCUT2D eigenvalue weighted by Crippen LogP contribution is 2.29. The Balaban J connectivity index is 1.44. The lowest BCUT2D eigenvalue weighted by atomic mass is 10.1. The van der Waals surface area contributed by atoms with Crippen molar-refractivity contribution in [3.63, 3.8) is 0 Å². The van der Waals surface area contributed by atoms with Crippen molar-refractivity contribution < 1.29 is 28.5 Å². The van der Waals surface area contributed by atoms with Gasteiger partial charge in [-0.2, -0.15) is 0 Å². The average Bonchev–Trinajstić information content (AvgIpc) is 2.79. The Morgan fingerprint density at radius 2 is 1.58 bits per heavy atom. The number of carboxylic acid groups (broad SMARTS) is 1. The van der Waals surface area contributed by atoms with Gasteiger partial charge in [0.05, 0.1) is 19.6 Å². The van der Waals surface area contributed by atoms with E-state index in [0.29, 0.717) is 25.2 Å². The molecule has 3 rings (SSSR count). The minimum atomic E-state index is -0.997. The van der Waals surface area contributed by atoms with Gasteiger partial charge in [-0.15, -0.1) is 0 Å². The molecule has 3 aromatic rings. The predicted molar refractivity (Wildman–Crippen MR) is 125 cm³/mol. The van der Waals surface area contributed by atoms with Gasteiger partial charge in [0.25, 0.3) is 0 Å². The minimum Gasteiger partial charge on any atom is -0.493 e. The van der Waals surface area contributed by atoms with E-state index in [0.717, 1.165) is 42.1 Å². The van der Waals surface area contributed by atoms with Gasteiger partial charge in [0, 0.05) is 0 Å². The molecule has 0 fully saturated rings. The zero-order valence-corrected chi connectivity index (χ0v) is 18.8. The third-order valence-corrected chi connectivity index (χ3v) is 4.94. The molecule has 5 nitrogen and oxygen atoms in total. The third-order valence-electron chi connectivity index (χ3n) is 4.94. The zero-order chi connectivity index (χ0) is 23.5. The van der Waals surface area contributed by atoms with E-state index in [2.05, 4.69) is 6.92 Å². The fourth-order valence-electron chi connectivity index (χ4n) is 3.36. The summed E-state index contributed by atoms with van der Waals surface area (Å²) < 4.78 is 31.4. The van der Waals surface area contributed by atoms with Gasteiger partial charge in [0.2, 0.25) is 0 Å². The molecule has 0 amide bonds. The third kappa shape index (κ3) is 7.83. The second-order valence-electron chi connectivity index (χ2n) is 7.67. The molecule has 0 atom stereocenters. The number of aliphatic carboxylic acids is 1. The fourth-order valence-corrected chi connectivity index (χ4v) is 3.36. The molecule has 174 valence electrons. The molecule has 0 heterocycles. The number of carbonyl (C=O) groups is 1. The van der Waals surface area contributed by atoms with Crippen LogP contribution in [0.4, 0.5) is 4.39 Å². The van der Waals surface area contributed by atoms with E-state index in [-0.39, 0.29) is 12.2 Å². The van der Waals surface area contributed by atoms with E-state index in [1.54, 1.807) is 6.07 Å². The van der Waals surface area contributed by atoms with E-state index in [4.69, 9.17) is 19.3 Å². The van der Waals surface area contributed by atoms with Crippen LogP contribution in [0.1, 0.15) is 37.3 Å². The van der Waals surface area contributed by atoms with E-state index >= 15 is 0 Å². The lowest BCUT2D eigenvalue weighted by Crippen LogP contribution is -2.05. The molecule has 3 aromatic carbocycles. The highest BCUT2D eigenvalue weighted by molar-refractivity contribution is 5.70. The van der Waals surface area contributed by atoms with Crippen LogP contribution in [0, 0.1) is 5.82 Å². The molecule has 0 unspecified atom stereocenters. The maximum Gasteiger partial charge on any atom is 0.307 e. The number of benzene rings is 3. The van der Waals surface area contributed by atoms with Gasteiger partial charge in [-0.05, 0) is 72.9 Å². The van der Waals surface area contributed by atoms with Crippen molar-refractivity contribution in [2.24, 2.45) is 0 Å². The summed E-state index contributed by atoms with van der Waals surface area (Å²) in [5, 5.41) is 8.78. The molecule has 0 saturated heterocycles. The Kier molecular flexibility index (Phi) is 9.12. The Morgan fingerprint density at radius 3 is 2.24 bits per heavy atom. The molecule has 0 bridgehead atoms. The monoisotopic (exact) mass is 452 g/mol. The molecule has 0 radical (unpaired) electrons. The summed E-state index contributed by atoms with van der Waals surface area (Å²) in [4.78, 5) is 10.7. The molecule has 33 heavy (non-hydrogen) atoms. The van der Waals surface area contributed by atoms with Crippen LogP contribution in [0.3, 0.4) is 0 Å². The summed E-state index contributed by atoms with van der Waals surface area (Å²) in [6.45, 7) is 3.00. The maximum atomic E-state index is 14.0. The molecule has 0 aliphatic rings. The van der Waals surface area contributed by atoms with Gasteiger partial charge >= 0.3 is 5.97 Å². The summed E-state index contributed by atoms with van der Waals surface area (Å²) >= 11 is 0. The SMILES string of the molecule is CCCc1cc(Oc2ccccc2)ccc1OCCCCOc1ccc(CC(=O)O)cc1F. The van der Waals surface area contributed by atoms with Crippen LogP contribution in [0.5, 0.6) is 23.0 Å². The number of unbranched alkanes of at least 4 members (excludes halogenated alkanes) is 1. The number of para-hydroxylation sites is 1. The first-order chi connectivity index (χ1) is 16.0. The van der Waals surface area contributed by atoms with Crippen LogP contribution in [0.2, 0.25) is 0 Å². The van der Waals surface area contributed by atoms with Crippen LogP contribution < -0.4 is 14.2 Å². The number of halogens is 1. The molecule has 6 heteroatoms. The van der Waals surface area contributed by atoms with E-state index in [1.807, 2.05) is 48.5 Å². The quantitative estimate of drug-likeness (QED) is 0.303. The molecule has 0 aromatic heterocycles. The first-order valence-electron chi connectivity index (χ1n) is 11.2. The normalized spacial score (nSPS) is 10.6. The van der Waals surface area contributed by atoms with Gasteiger partial charge in [-0.25, -0.2) is 4.39 Å². The van der Waals surface area contributed by atoms with Gasteiger partial charge in [0.1, 0.15) is 17.2 Å². The van der Waals surface area contributed by atoms with Crippen LogP contribution in [0.15, 0.2) is 66.7 Å². The highest BCUT2D eigenvalue weighted by atomic mass is 19.1. The van der Waals surface area contributed by atoms with E-state index in [9.17, 15) is 9.18 Å². The lowest BCUT2D eigenvalue weighted by Gasteiger charge is -2.14. The Labute approximate surface area is 193 Å². The van der Waals surface area contributed by atoms with Crippen LogP contribution in [0.25, 0.3) is 0 Å². The summed E-state index contributed by atoms with van der Waals surface area (Å²) in [5.41, 5.74) is 1.51. The molecule has 1 N–H and O–H groups in total. The first-order valence-corrected chi connectivity index (χ1v) is 11.2. The summed E-state index contributed by atoms with van der Waals surface area (Å²) in [5.74, 6) is 1.00. The van der Waals surface area contributed by atoms with Crippen molar-refractivity contribution in [2.75, 3.05) is 13.2 Å². The lowest BCUT2D eigenvalue weighted by molar-refractivity contribution is -0.136. The van der Waals surface area contributed by atoms with E-state index < -0.39 is 11.8 Å². The number of carboxylic acids is 1. The second-order valence-corrected chi connectivity index (χ2v) is 7.67. The van der Waals surface area contributed by atoms with Gasteiger partial charge in [-0.3, -0.25) is 4.79 Å². The molecular weight excluding hydrogens is 423 g/mol. The standard InChI is InChI=1S/C27H29FO5/c1-2-8-21-19-23(33-22-9-4-3-5-10-22)12-14-25(21)31-15-6-7-16-32-26-13-11-20(17-24(26)28)18-27(29)30/h3-5,9-14,17,19H,2,6-8,15-16,18H2,1H3,(H,29,30). The fraction of sp³-hybridized carbons (Fsp3) is 0.296. The highest BCUT2D eigenvalue weighted by Gasteiger charge is 2.09. The first kappa shape index (κ1) is 24.1. The van der Waals surface area contributed by atoms with Crippen LogP contribution in [-0.4, -0.2) is 24.3 Å². The Bertz CT molecular complexity index is 1040. The van der Waals surface area contributed by atoms with Crippen molar-refractivity contribution in [2.45, 2.75) is 39.0 Å². The van der Waals surface area contributed by atoms with Gasteiger partial charge < -0.3 is 19.3 Å². The van der Waals surface area contributed by atoms with Crippen molar-refractivity contribution in [1.82, 2.24) is 0 Å². The Hall–Kier alpha value is -3.54. The van der Waals surface area contributed by atoms with Crippen LogP contribution >= 0.6 is 0 Å². The molecule has 0 saturated carbocycles. The largest absolute Gasteiger partial charge is 0.493 e. The minimum absolute atomic E-state index is 0.129. The zero-order valence-electron chi connectivity index (χ0n) is 18.8. The van der Waals surface area contributed by atoms with E-state index in [1.165, 1.54) is 12.1 Å². The molecular formula is C27H29FO5. The van der Waals surface area contributed by atoms with Gasteiger partial charge in [-0.1, -0.05) is 37.6 Å². The number of aryl methyl sites for hydroxylation is 1. The molecule has 0 spiro atoms. The van der Waals surface area contributed by atoms with Gasteiger partial charge in [0.15, 0.2) is 11.6 Å². The van der Waals surface area contributed by atoms with Crippen LogP contribution in [-0.2, 0) is 17.6 Å². The van der Waals surface area contributed by atoms with Crippen molar-refractivity contribution in [3.05, 3.63) is 83.7 Å². The van der Waals surface area contributed by atoms with Crippen molar-refractivity contribution in [3.8, 4) is 23.0 Å². The molecule has 0 aliphatic heterocycles. The summed E-state index contributed by atoms with van der Waals surface area (Å²) in [6, 6.07) is 19.8. The number of hydrogen-bond donors (Lipinski definition) is 1. The predicted octanol–water partition coefficient (Wildman–Crippen LogP) is 6.44. The molecule has 0 aliphatic carbocycles. The Morgan fingerprint density at radius 1 is 0.879 bits per heavy atom. The average molecular weight is 453 g/mol. The topological polar surface area (TPSA) is 65.0 Å². The number of hydrogen-bond acceptors (Lipinski definition) is 4. The summed E-state index contributed by atoms with van der Waals surface area (Å²) in [7, 11) is 0. The summed E-state index contributed by atoms with van der Waals surface area (Å²) in [6.07, 6.45) is 3.13.